The molecule has 0 saturated heterocycles. The molecule has 0 amide bonds. The van der Waals surface area contributed by atoms with Crippen molar-refractivity contribution < 1.29 is 14.1 Å². The van der Waals surface area contributed by atoms with Crippen LogP contribution >= 0.6 is 0 Å². The molecule has 0 aliphatic carbocycles. The number of nitrogens with one attached hydrogen (secondary N) is 1. The van der Waals surface area contributed by atoms with Gasteiger partial charge in [0.05, 0.1) is 13.2 Å². The highest BCUT2D eigenvalue weighted by molar-refractivity contribution is 5.81. The van der Waals surface area contributed by atoms with E-state index >= 15 is 0 Å². The minimum absolute atomic E-state index is 0.334. The van der Waals surface area contributed by atoms with Gasteiger partial charge < -0.3 is 14.6 Å². The van der Waals surface area contributed by atoms with Gasteiger partial charge in [-0.3, -0.25) is 0 Å². The van der Waals surface area contributed by atoms with Crippen LogP contribution in [0.3, 0.4) is 0 Å². The monoisotopic (exact) mass is 211 g/mol. The van der Waals surface area contributed by atoms with Gasteiger partial charge in [-0.05, 0) is 6.92 Å². The minimum Gasteiger partial charge on any atom is -0.463 e. The summed E-state index contributed by atoms with van der Waals surface area (Å²) in [6.07, 6.45) is 4.33. The van der Waals surface area contributed by atoms with E-state index in [0.29, 0.717) is 25.5 Å². The second kappa shape index (κ2) is 6.72. The summed E-state index contributed by atoms with van der Waals surface area (Å²) in [5.74, 6) is 0.249. The molecule has 0 aromatic carbocycles. The Labute approximate surface area is 87.3 Å². The number of esters is 1. The van der Waals surface area contributed by atoms with Gasteiger partial charge >= 0.3 is 5.97 Å². The van der Waals surface area contributed by atoms with E-state index in [1.165, 1.54) is 12.5 Å². The Bertz CT molecular complexity index is 308. The molecule has 1 aromatic rings. The Morgan fingerprint density at radius 3 is 3.27 bits per heavy atom. The Kier molecular flexibility index (Phi) is 5.10. The molecule has 15 heavy (non-hydrogen) atoms. The summed E-state index contributed by atoms with van der Waals surface area (Å²) in [4.78, 5) is 14.7. The largest absolute Gasteiger partial charge is 0.463 e. The number of hydrogen-bond donors (Lipinski definition) is 1. The number of nitrogens with zero attached hydrogens (tertiary/aromatic N) is 2. The van der Waals surface area contributed by atoms with Gasteiger partial charge in [0.15, 0.2) is 5.82 Å². The van der Waals surface area contributed by atoms with Gasteiger partial charge in [0, 0.05) is 12.6 Å². The third kappa shape index (κ3) is 4.92. The third-order valence-electron chi connectivity index (χ3n) is 1.49. The molecular weight excluding hydrogens is 198 g/mol. The molecule has 1 heterocycles. The highest BCUT2D eigenvalue weighted by atomic mass is 16.5. The van der Waals surface area contributed by atoms with E-state index in [-0.39, 0.29) is 5.97 Å². The van der Waals surface area contributed by atoms with Crippen molar-refractivity contribution in [3.8, 4) is 0 Å². The van der Waals surface area contributed by atoms with Crippen LogP contribution in [0.4, 0.5) is 0 Å². The Morgan fingerprint density at radius 2 is 2.60 bits per heavy atom. The molecule has 0 spiro atoms. The van der Waals surface area contributed by atoms with E-state index in [1.807, 2.05) is 0 Å². The lowest BCUT2D eigenvalue weighted by Gasteiger charge is -1.96. The van der Waals surface area contributed by atoms with E-state index in [2.05, 4.69) is 20.0 Å². The smallest absolute Gasteiger partial charge is 0.330 e. The molecule has 6 heteroatoms. The van der Waals surface area contributed by atoms with Crippen molar-refractivity contribution in [3.63, 3.8) is 0 Å². The summed E-state index contributed by atoms with van der Waals surface area (Å²) < 4.78 is 9.25. The fourth-order valence-electron chi connectivity index (χ4n) is 0.883. The average molecular weight is 211 g/mol. The zero-order valence-electron chi connectivity index (χ0n) is 8.47. The van der Waals surface area contributed by atoms with Crippen LogP contribution in [0.2, 0.25) is 0 Å². The second-order valence-corrected chi connectivity index (χ2v) is 2.63. The zero-order valence-corrected chi connectivity index (χ0v) is 8.47. The fourth-order valence-corrected chi connectivity index (χ4v) is 0.883. The molecule has 0 aliphatic heterocycles. The standard InChI is InChI=1S/C9H13N3O3/c1-2-14-9(13)4-3-5-10-6-8-11-7-15-12-8/h3-4,7,10H,2,5-6H2,1H3/b4-3+. The van der Waals surface area contributed by atoms with E-state index in [4.69, 9.17) is 4.74 Å². The first-order valence-corrected chi connectivity index (χ1v) is 4.62. The third-order valence-corrected chi connectivity index (χ3v) is 1.49. The van der Waals surface area contributed by atoms with Gasteiger partial charge in [-0.1, -0.05) is 11.2 Å². The van der Waals surface area contributed by atoms with Gasteiger partial charge in [-0.2, -0.15) is 4.98 Å². The van der Waals surface area contributed by atoms with Crippen LogP contribution in [0.1, 0.15) is 12.7 Å². The average Bonchev–Trinajstić information content (AvgIpc) is 2.70. The normalized spacial score (nSPS) is 10.7. The number of aromatic nitrogens is 2. The molecule has 0 saturated carbocycles. The molecule has 6 nitrogen and oxygen atoms in total. The van der Waals surface area contributed by atoms with Crippen LogP contribution in [0.15, 0.2) is 23.1 Å². The number of carbonyl (C=O) groups is 1. The molecule has 0 bridgehead atoms. The summed E-state index contributed by atoms with van der Waals surface area (Å²) >= 11 is 0. The van der Waals surface area contributed by atoms with Gasteiger partial charge in [0.25, 0.3) is 0 Å². The first kappa shape index (κ1) is 11.4. The maximum atomic E-state index is 10.9. The lowest BCUT2D eigenvalue weighted by Crippen LogP contribution is -2.14. The zero-order chi connectivity index (χ0) is 10.9. The highest BCUT2D eigenvalue weighted by Gasteiger charge is 1.95. The number of ether oxygens (including phenoxy) is 1. The first-order valence-electron chi connectivity index (χ1n) is 4.62. The van der Waals surface area contributed by atoms with Crippen LogP contribution < -0.4 is 5.32 Å². The first-order chi connectivity index (χ1) is 7.33. The van der Waals surface area contributed by atoms with Crippen molar-refractivity contribution in [1.29, 1.82) is 0 Å². The summed E-state index contributed by atoms with van der Waals surface area (Å²) in [6, 6.07) is 0. The van der Waals surface area contributed by atoms with Gasteiger partial charge in [-0.15, -0.1) is 0 Å². The van der Waals surface area contributed by atoms with Crippen LogP contribution in [0.5, 0.6) is 0 Å². The van der Waals surface area contributed by atoms with Crippen molar-refractivity contribution in [3.05, 3.63) is 24.4 Å². The van der Waals surface area contributed by atoms with Gasteiger partial charge in [-0.25, -0.2) is 4.79 Å². The van der Waals surface area contributed by atoms with Gasteiger partial charge in [0.1, 0.15) is 0 Å². The maximum absolute atomic E-state index is 10.9. The molecule has 1 aromatic heterocycles. The summed E-state index contributed by atoms with van der Waals surface area (Å²) in [6.45, 7) is 3.21. The van der Waals surface area contributed by atoms with Crippen molar-refractivity contribution in [2.45, 2.75) is 13.5 Å². The SMILES string of the molecule is CCOC(=O)/C=C/CNCc1ncon1. The molecule has 0 atom stereocenters. The summed E-state index contributed by atoms with van der Waals surface area (Å²) in [5, 5.41) is 6.62. The van der Waals surface area contributed by atoms with E-state index < -0.39 is 0 Å². The van der Waals surface area contributed by atoms with Crippen molar-refractivity contribution in [2.75, 3.05) is 13.2 Å². The Morgan fingerprint density at radius 1 is 1.73 bits per heavy atom. The Hall–Kier alpha value is -1.69. The summed E-state index contributed by atoms with van der Waals surface area (Å²) in [7, 11) is 0. The van der Waals surface area contributed by atoms with Crippen LogP contribution in [0, 0.1) is 0 Å². The minimum atomic E-state index is -0.334. The second-order valence-electron chi connectivity index (χ2n) is 2.63. The predicted octanol–water partition coefficient (Wildman–Crippen LogP) is 0.278. The molecule has 0 aliphatic rings. The lowest BCUT2D eigenvalue weighted by atomic mass is 10.4. The molecule has 1 rings (SSSR count). The fraction of sp³-hybridized carbons (Fsp3) is 0.444. The Balaban J connectivity index is 2.08. The van der Waals surface area contributed by atoms with Gasteiger partial charge in [0.2, 0.25) is 6.39 Å². The molecule has 1 N–H and O–H groups in total. The van der Waals surface area contributed by atoms with Crippen molar-refractivity contribution >= 4 is 5.97 Å². The molecule has 0 unspecified atom stereocenters. The number of rotatable bonds is 6. The van der Waals surface area contributed by atoms with Crippen LogP contribution in [-0.2, 0) is 16.1 Å². The summed E-state index contributed by atoms with van der Waals surface area (Å²) in [5.41, 5.74) is 0. The van der Waals surface area contributed by atoms with Crippen molar-refractivity contribution in [2.24, 2.45) is 0 Å². The number of carbonyl (C=O) groups excluding carboxylic acids is 1. The van der Waals surface area contributed by atoms with E-state index in [1.54, 1.807) is 13.0 Å². The molecule has 0 fully saturated rings. The molecule has 0 radical (unpaired) electrons. The molecular formula is C9H13N3O3. The van der Waals surface area contributed by atoms with Crippen LogP contribution in [0.25, 0.3) is 0 Å². The number of hydrogen-bond acceptors (Lipinski definition) is 6. The predicted molar refractivity (Wildman–Crippen MR) is 51.8 cm³/mol. The highest BCUT2D eigenvalue weighted by Crippen LogP contribution is 1.86. The molecule has 82 valence electrons. The quantitative estimate of drug-likeness (QED) is 0.413. The topological polar surface area (TPSA) is 77.2 Å². The van der Waals surface area contributed by atoms with Crippen LogP contribution in [-0.4, -0.2) is 29.3 Å². The van der Waals surface area contributed by atoms with E-state index in [0.717, 1.165) is 0 Å². The van der Waals surface area contributed by atoms with Crippen molar-refractivity contribution in [1.82, 2.24) is 15.5 Å². The maximum Gasteiger partial charge on any atom is 0.330 e. The lowest BCUT2D eigenvalue weighted by molar-refractivity contribution is -0.137. The van der Waals surface area contributed by atoms with E-state index in [9.17, 15) is 4.79 Å².